The Labute approximate surface area is 75.8 Å². The van der Waals surface area contributed by atoms with Crippen molar-refractivity contribution in [1.29, 1.82) is 0 Å². The molecule has 0 aliphatic carbocycles. The standard InChI is InChI=1S/C8H12N2OS/c1-5-4-12-8(9-5)6(2)10-7(3)11/h4,6H,1-3H3,(H,10,11)/t6-/m0/s1. The number of nitrogens with zero attached hydrogens (tertiary/aromatic N) is 1. The van der Waals surface area contributed by atoms with E-state index < -0.39 is 0 Å². The van der Waals surface area contributed by atoms with Crippen LogP contribution in [0.3, 0.4) is 0 Å². The first-order valence-corrected chi connectivity index (χ1v) is 4.66. The number of hydrogen-bond acceptors (Lipinski definition) is 3. The molecular formula is C8H12N2OS. The third-order valence-corrected chi connectivity index (χ3v) is 2.57. The number of aromatic nitrogens is 1. The third-order valence-electron chi connectivity index (χ3n) is 1.43. The molecule has 0 saturated heterocycles. The highest BCUT2D eigenvalue weighted by Gasteiger charge is 2.09. The molecule has 0 aliphatic rings. The van der Waals surface area contributed by atoms with Crippen LogP contribution in [-0.4, -0.2) is 10.9 Å². The minimum atomic E-state index is -0.0182. The van der Waals surface area contributed by atoms with Crippen LogP contribution in [0.4, 0.5) is 0 Å². The van der Waals surface area contributed by atoms with Crippen LogP contribution < -0.4 is 5.32 Å². The quantitative estimate of drug-likeness (QED) is 0.759. The maximum Gasteiger partial charge on any atom is 0.217 e. The Morgan fingerprint density at radius 2 is 2.42 bits per heavy atom. The van der Waals surface area contributed by atoms with E-state index in [1.54, 1.807) is 11.3 Å². The predicted molar refractivity (Wildman–Crippen MR) is 49.1 cm³/mol. The van der Waals surface area contributed by atoms with Crippen LogP contribution in [0.25, 0.3) is 0 Å². The van der Waals surface area contributed by atoms with Crippen molar-refractivity contribution < 1.29 is 4.79 Å². The van der Waals surface area contributed by atoms with Gasteiger partial charge in [-0.3, -0.25) is 4.79 Å². The highest BCUT2D eigenvalue weighted by molar-refractivity contribution is 7.09. The number of carbonyl (C=O) groups excluding carboxylic acids is 1. The smallest absolute Gasteiger partial charge is 0.217 e. The summed E-state index contributed by atoms with van der Waals surface area (Å²) >= 11 is 1.57. The maximum absolute atomic E-state index is 10.7. The van der Waals surface area contributed by atoms with Gasteiger partial charge in [0, 0.05) is 18.0 Å². The Kier molecular flexibility index (Phi) is 2.81. The van der Waals surface area contributed by atoms with Gasteiger partial charge in [-0.2, -0.15) is 0 Å². The second-order valence-electron chi connectivity index (χ2n) is 2.75. The third kappa shape index (κ3) is 2.30. The second kappa shape index (κ2) is 3.67. The lowest BCUT2D eigenvalue weighted by Crippen LogP contribution is -2.23. The number of nitrogens with one attached hydrogen (secondary N) is 1. The van der Waals surface area contributed by atoms with Crippen molar-refractivity contribution in [2.75, 3.05) is 0 Å². The molecule has 1 amide bonds. The van der Waals surface area contributed by atoms with Gasteiger partial charge in [-0.15, -0.1) is 11.3 Å². The van der Waals surface area contributed by atoms with Gasteiger partial charge in [-0.25, -0.2) is 4.98 Å². The lowest BCUT2D eigenvalue weighted by Gasteiger charge is -2.07. The van der Waals surface area contributed by atoms with Gasteiger partial charge in [0.1, 0.15) is 5.01 Å². The normalized spacial score (nSPS) is 12.6. The van der Waals surface area contributed by atoms with E-state index in [1.807, 2.05) is 19.2 Å². The Hall–Kier alpha value is -0.900. The Morgan fingerprint density at radius 3 is 2.83 bits per heavy atom. The summed E-state index contributed by atoms with van der Waals surface area (Å²) < 4.78 is 0. The van der Waals surface area contributed by atoms with E-state index in [9.17, 15) is 4.79 Å². The number of hydrogen-bond donors (Lipinski definition) is 1. The van der Waals surface area contributed by atoms with Gasteiger partial charge in [-0.1, -0.05) is 0 Å². The Morgan fingerprint density at radius 1 is 1.75 bits per heavy atom. The molecule has 1 heterocycles. The predicted octanol–water partition coefficient (Wildman–Crippen LogP) is 1.65. The minimum Gasteiger partial charge on any atom is -0.347 e. The summed E-state index contributed by atoms with van der Waals surface area (Å²) in [4.78, 5) is 15.0. The molecule has 0 unspecified atom stereocenters. The summed E-state index contributed by atoms with van der Waals surface area (Å²) in [6.45, 7) is 5.39. The zero-order chi connectivity index (χ0) is 9.14. The molecule has 0 spiro atoms. The number of carbonyl (C=O) groups is 1. The molecule has 1 aromatic heterocycles. The van der Waals surface area contributed by atoms with Crippen LogP contribution in [0.2, 0.25) is 0 Å². The summed E-state index contributed by atoms with van der Waals surface area (Å²) in [5.41, 5.74) is 1.01. The molecule has 1 rings (SSSR count). The molecule has 0 radical (unpaired) electrons. The molecule has 1 N–H and O–H groups in total. The van der Waals surface area contributed by atoms with Gasteiger partial charge in [0.2, 0.25) is 5.91 Å². The van der Waals surface area contributed by atoms with Crippen LogP contribution >= 0.6 is 11.3 Å². The van der Waals surface area contributed by atoms with Crippen LogP contribution in [0.1, 0.15) is 30.6 Å². The topological polar surface area (TPSA) is 42.0 Å². The number of aryl methyl sites for hydroxylation is 1. The largest absolute Gasteiger partial charge is 0.347 e. The first-order chi connectivity index (χ1) is 5.59. The SMILES string of the molecule is CC(=O)N[C@@H](C)c1nc(C)cs1. The lowest BCUT2D eigenvalue weighted by molar-refractivity contribution is -0.119. The van der Waals surface area contributed by atoms with Crippen LogP contribution in [-0.2, 0) is 4.79 Å². The van der Waals surface area contributed by atoms with Crippen molar-refractivity contribution in [3.8, 4) is 0 Å². The van der Waals surface area contributed by atoms with Gasteiger partial charge >= 0.3 is 0 Å². The van der Waals surface area contributed by atoms with Crippen molar-refractivity contribution in [3.05, 3.63) is 16.1 Å². The number of rotatable bonds is 2. The van der Waals surface area contributed by atoms with E-state index in [4.69, 9.17) is 0 Å². The maximum atomic E-state index is 10.7. The highest BCUT2D eigenvalue weighted by Crippen LogP contribution is 2.16. The van der Waals surface area contributed by atoms with Crippen molar-refractivity contribution in [1.82, 2.24) is 10.3 Å². The van der Waals surface area contributed by atoms with Crippen molar-refractivity contribution in [2.24, 2.45) is 0 Å². The van der Waals surface area contributed by atoms with Crippen LogP contribution in [0, 0.1) is 6.92 Å². The van der Waals surface area contributed by atoms with Gasteiger partial charge in [0.05, 0.1) is 6.04 Å². The number of amides is 1. The zero-order valence-corrected chi connectivity index (χ0v) is 8.23. The van der Waals surface area contributed by atoms with Gasteiger partial charge in [-0.05, 0) is 13.8 Å². The molecule has 0 saturated carbocycles. The first-order valence-electron chi connectivity index (χ1n) is 3.78. The molecule has 12 heavy (non-hydrogen) atoms. The van der Waals surface area contributed by atoms with E-state index in [1.165, 1.54) is 6.92 Å². The molecule has 0 fully saturated rings. The van der Waals surface area contributed by atoms with Crippen LogP contribution in [0.5, 0.6) is 0 Å². The van der Waals surface area contributed by atoms with Gasteiger partial charge in [0.25, 0.3) is 0 Å². The monoisotopic (exact) mass is 184 g/mol. The first kappa shape index (κ1) is 9.19. The highest BCUT2D eigenvalue weighted by atomic mass is 32.1. The van der Waals surface area contributed by atoms with Gasteiger partial charge in [0.15, 0.2) is 0 Å². The number of thiazole rings is 1. The van der Waals surface area contributed by atoms with E-state index in [0.717, 1.165) is 10.7 Å². The fourth-order valence-corrected chi connectivity index (χ4v) is 1.74. The molecule has 0 aliphatic heterocycles. The molecular weight excluding hydrogens is 172 g/mol. The fraction of sp³-hybridized carbons (Fsp3) is 0.500. The van der Waals surface area contributed by atoms with E-state index in [2.05, 4.69) is 10.3 Å². The minimum absolute atomic E-state index is 0.0182. The molecule has 0 aromatic carbocycles. The van der Waals surface area contributed by atoms with Crippen LogP contribution in [0.15, 0.2) is 5.38 Å². The molecule has 66 valence electrons. The molecule has 3 nitrogen and oxygen atoms in total. The summed E-state index contributed by atoms with van der Waals surface area (Å²) in [7, 11) is 0. The molecule has 1 atom stereocenters. The Balaban J connectivity index is 2.64. The molecule has 4 heteroatoms. The summed E-state index contributed by atoms with van der Waals surface area (Å²) in [6.07, 6.45) is 0. The van der Waals surface area contributed by atoms with Crippen molar-refractivity contribution in [3.63, 3.8) is 0 Å². The van der Waals surface area contributed by atoms with E-state index >= 15 is 0 Å². The lowest BCUT2D eigenvalue weighted by atomic mass is 10.3. The average Bonchev–Trinajstić information content (AvgIpc) is 2.34. The molecule has 1 aromatic rings. The van der Waals surface area contributed by atoms with E-state index in [0.29, 0.717) is 0 Å². The second-order valence-corrected chi connectivity index (χ2v) is 3.64. The molecule has 0 bridgehead atoms. The van der Waals surface area contributed by atoms with Crippen molar-refractivity contribution >= 4 is 17.2 Å². The summed E-state index contributed by atoms with van der Waals surface area (Å²) in [5, 5.41) is 5.72. The Bertz CT molecular complexity index is 282. The zero-order valence-electron chi connectivity index (χ0n) is 7.42. The average molecular weight is 184 g/mol. The summed E-state index contributed by atoms with van der Waals surface area (Å²) in [5.74, 6) is -0.0182. The van der Waals surface area contributed by atoms with E-state index in [-0.39, 0.29) is 11.9 Å². The summed E-state index contributed by atoms with van der Waals surface area (Å²) in [6, 6.07) is 0.0289. The van der Waals surface area contributed by atoms with Crippen molar-refractivity contribution in [2.45, 2.75) is 26.8 Å². The fourth-order valence-electron chi connectivity index (χ4n) is 0.938. The van der Waals surface area contributed by atoms with Gasteiger partial charge < -0.3 is 5.32 Å².